The summed E-state index contributed by atoms with van der Waals surface area (Å²) >= 11 is 0. The summed E-state index contributed by atoms with van der Waals surface area (Å²) in [5.41, 5.74) is 0.414. The Kier molecular flexibility index (Phi) is 3.17. The van der Waals surface area contributed by atoms with Crippen LogP contribution in [0, 0.1) is 5.92 Å². The molecule has 7 nitrogen and oxygen atoms in total. The molecule has 1 fully saturated rings. The van der Waals surface area contributed by atoms with Crippen molar-refractivity contribution in [2.75, 3.05) is 13.1 Å². The Morgan fingerprint density at radius 1 is 1.43 bits per heavy atom. The lowest BCUT2D eigenvalue weighted by Crippen LogP contribution is -2.29. The summed E-state index contributed by atoms with van der Waals surface area (Å²) in [5.74, 6) is -2.36. The molecule has 1 atom stereocenters. The number of aliphatic carboxylic acids is 1. The van der Waals surface area contributed by atoms with Crippen LogP contribution in [0.25, 0.3) is 0 Å². The molecule has 1 saturated heterocycles. The zero-order chi connectivity index (χ0) is 15.0. The van der Waals surface area contributed by atoms with E-state index in [1.54, 1.807) is 18.2 Å². The van der Waals surface area contributed by atoms with Crippen molar-refractivity contribution < 1.29 is 19.5 Å². The number of ketones is 1. The first kappa shape index (κ1) is 13.3. The lowest BCUT2D eigenvalue weighted by atomic mass is 9.92. The van der Waals surface area contributed by atoms with Crippen LogP contribution in [0.4, 0.5) is 0 Å². The van der Waals surface area contributed by atoms with Crippen LogP contribution in [-0.4, -0.2) is 45.7 Å². The van der Waals surface area contributed by atoms with Crippen LogP contribution in [0.5, 0.6) is 0 Å². The summed E-state index contributed by atoms with van der Waals surface area (Å²) in [6.07, 6.45) is 1.09. The number of rotatable bonds is 4. The van der Waals surface area contributed by atoms with Crippen LogP contribution in [0.1, 0.15) is 16.9 Å². The van der Waals surface area contributed by atoms with Gasteiger partial charge in [-0.05, 0) is 12.1 Å². The van der Waals surface area contributed by atoms with Crippen LogP contribution >= 0.6 is 0 Å². The minimum atomic E-state index is -1.11. The molecular formula is C14H13N3O4. The monoisotopic (exact) mass is 287 g/mol. The first-order valence-corrected chi connectivity index (χ1v) is 6.56. The third-order valence-corrected chi connectivity index (χ3v) is 3.59. The van der Waals surface area contributed by atoms with Gasteiger partial charge in [-0.3, -0.25) is 24.3 Å². The number of carboxylic acids is 1. The third-order valence-electron chi connectivity index (χ3n) is 3.59. The van der Waals surface area contributed by atoms with Gasteiger partial charge in [0.05, 0.1) is 17.9 Å². The fourth-order valence-corrected chi connectivity index (χ4v) is 2.70. The number of fused-ring (bicyclic) bond motifs is 1. The highest BCUT2D eigenvalue weighted by molar-refractivity contribution is 6.14. The average Bonchev–Trinajstić information content (AvgIpc) is 3.03. The topological polar surface area (TPSA) is 99.6 Å². The highest BCUT2D eigenvalue weighted by Gasteiger charge is 2.45. The number of Topliss-reactive ketones (excluding diaryl/α,β-unsaturated/α-hetero) is 1. The third kappa shape index (κ3) is 2.16. The van der Waals surface area contributed by atoms with Gasteiger partial charge in [0, 0.05) is 19.3 Å². The molecule has 0 saturated carbocycles. The van der Waals surface area contributed by atoms with Crippen molar-refractivity contribution in [3.05, 3.63) is 41.5 Å². The van der Waals surface area contributed by atoms with Gasteiger partial charge in [-0.2, -0.15) is 0 Å². The van der Waals surface area contributed by atoms with E-state index >= 15 is 0 Å². The molecule has 0 bridgehead atoms. The van der Waals surface area contributed by atoms with Crippen LogP contribution in [0.15, 0.2) is 35.8 Å². The average molecular weight is 287 g/mol. The zero-order valence-corrected chi connectivity index (χ0v) is 11.1. The zero-order valence-electron chi connectivity index (χ0n) is 11.1. The number of hydrogen-bond acceptors (Lipinski definition) is 5. The van der Waals surface area contributed by atoms with E-state index in [1.165, 1.54) is 11.1 Å². The molecule has 1 amide bonds. The van der Waals surface area contributed by atoms with Crippen LogP contribution in [-0.2, 0) is 9.59 Å². The molecule has 0 spiro atoms. The van der Waals surface area contributed by atoms with E-state index in [0.717, 1.165) is 0 Å². The number of hydrogen-bond donors (Lipinski definition) is 2. The van der Waals surface area contributed by atoms with E-state index in [2.05, 4.69) is 10.3 Å². The summed E-state index contributed by atoms with van der Waals surface area (Å²) in [4.78, 5) is 41.3. The predicted octanol–water partition coefficient (Wildman–Crippen LogP) is 0.0122. The van der Waals surface area contributed by atoms with Crippen molar-refractivity contribution in [2.24, 2.45) is 5.92 Å². The van der Waals surface area contributed by atoms with Gasteiger partial charge in [0.25, 0.3) is 0 Å². The van der Waals surface area contributed by atoms with Crippen molar-refractivity contribution in [1.82, 2.24) is 15.2 Å². The Morgan fingerprint density at radius 2 is 2.24 bits per heavy atom. The van der Waals surface area contributed by atoms with E-state index < -0.39 is 24.1 Å². The number of carbonyl (C=O) groups is 3. The number of carbonyl (C=O) groups excluding carboxylic acids is 2. The molecule has 3 heterocycles. The normalized spacial score (nSPS) is 20.5. The van der Waals surface area contributed by atoms with Crippen molar-refractivity contribution in [2.45, 2.75) is 6.42 Å². The number of aromatic nitrogens is 1. The Hall–Kier alpha value is -2.70. The highest BCUT2D eigenvalue weighted by Crippen LogP contribution is 2.34. The second kappa shape index (κ2) is 5.01. The number of pyridine rings is 1. The molecular weight excluding hydrogens is 274 g/mol. The smallest absolute Gasteiger partial charge is 0.304 e. The summed E-state index contributed by atoms with van der Waals surface area (Å²) in [7, 11) is 0. The standard InChI is InChI=1S/C14H13N3O4/c18-10(19)7-8-11(12(20)9-3-1-2-4-15-9)13-16-5-6-17(13)14(8)21/h1-4,8,16H,5-7H2,(H,18,19)/t8-/m0/s1. The number of nitrogens with one attached hydrogen (secondary N) is 1. The SMILES string of the molecule is O=C(O)C[C@@H]1C(=O)N2CCNC2=C1C(=O)c1ccccn1. The fourth-order valence-electron chi connectivity index (χ4n) is 2.70. The molecule has 1 aromatic heterocycles. The molecule has 2 aliphatic rings. The van der Waals surface area contributed by atoms with Gasteiger partial charge < -0.3 is 10.4 Å². The molecule has 1 aromatic rings. The second-order valence-electron chi connectivity index (χ2n) is 4.87. The molecule has 0 aromatic carbocycles. The lowest BCUT2D eigenvalue weighted by molar-refractivity contribution is -0.141. The molecule has 0 unspecified atom stereocenters. The maximum atomic E-state index is 12.6. The van der Waals surface area contributed by atoms with E-state index in [4.69, 9.17) is 5.11 Å². The van der Waals surface area contributed by atoms with Crippen molar-refractivity contribution in [3.63, 3.8) is 0 Å². The maximum Gasteiger partial charge on any atom is 0.304 e. The highest BCUT2D eigenvalue weighted by atomic mass is 16.4. The van der Waals surface area contributed by atoms with Gasteiger partial charge in [0.2, 0.25) is 11.7 Å². The van der Waals surface area contributed by atoms with E-state index in [1.807, 2.05) is 0 Å². The van der Waals surface area contributed by atoms with Gasteiger partial charge in [-0.25, -0.2) is 0 Å². The number of amides is 1. The van der Waals surface area contributed by atoms with Crippen LogP contribution in [0.2, 0.25) is 0 Å². The van der Waals surface area contributed by atoms with Crippen LogP contribution in [0.3, 0.4) is 0 Å². The summed E-state index contributed by atoms with van der Waals surface area (Å²) in [6.45, 7) is 1.00. The summed E-state index contributed by atoms with van der Waals surface area (Å²) < 4.78 is 0. The van der Waals surface area contributed by atoms with E-state index in [0.29, 0.717) is 18.9 Å². The Labute approximate surface area is 120 Å². The fraction of sp³-hybridized carbons (Fsp3) is 0.286. The molecule has 3 rings (SSSR count). The minimum Gasteiger partial charge on any atom is -0.481 e. The molecule has 0 radical (unpaired) electrons. The van der Waals surface area contributed by atoms with Gasteiger partial charge in [-0.15, -0.1) is 0 Å². The number of nitrogens with zero attached hydrogens (tertiary/aromatic N) is 2. The number of carboxylic acid groups (broad SMARTS) is 1. The Balaban J connectivity index is 2.03. The Morgan fingerprint density at radius 3 is 2.90 bits per heavy atom. The van der Waals surface area contributed by atoms with Crippen molar-refractivity contribution in [1.29, 1.82) is 0 Å². The molecule has 108 valence electrons. The quantitative estimate of drug-likeness (QED) is 0.757. The van der Waals surface area contributed by atoms with Gasteiger partial charge in [0.1, 0.15) is 11.5 Å². The largest absolute Gasteiger partial charge is 0.481 e. The molecule has 0 aliphatic carbocycles. The summed E-state index contributed by atoms with van der Waals surface area (Å²) in [5, 5.41) is 12.0. The predicted molar refractivity (Wildman–Crippen MR) is 71.1 cm³/mol. The first-order chi connectivity index (χ1) is 10.1. The molecule has 2 N–H and O–H groups in total. The van der Waals surface area contributed by atoms with E-state index in [-0.39, 0.29) is 17.2 Å². The lowest BCUT2D eigenvalue weighted by Gasteiger charge is -2.11. The molecule has 21 heavy (non-hydrogen) atoms. The van der Waals surface area contributed by atoms with Crippen molar-refractivity contribution in [3.8, 4) is 0 Å². The van der Waals surface area contributed by atoms with E-state index in [9.17, 15) is 14.4 Å². The Bertz CT molecular complexity index is 653. The van der Waals surface area contributed by atoms with Crippen LogP contribution < -0.4 is 5.32 Å². The van der Waals surface area contributed by atoms with Gasteiger partial charge in [0.15, 0.2) is 0 Å². The molecule has 7 heteroatoms. The summed E-state index contributed by atoms with van der Waals surface area (Å²) in [6, 6.07) is 4.91. The molecule has 2 aliphatic heterocycles. The van der Waals surface area contributed by atoms with Gasteiger partial charge >= 0.3 is 5.97 Å². The minimum absolute atomic E-state index is 0.207. The second-order valence-corrected chi connectivity index (χ2v) is 4.87. The van der Waals surface area contributed by atoms with Gasteiger partial charge in [-0.1, -0.05) is 6.07 Å². The van der Waals surface area contributed by atoms with Crippen molar-refractivity contribution >= 4 is 17.7 Å². The maximum absolute atomic E-state index is 12.6. The first-order valence-electron chi connectivity index (χ1n) is 6.56.